The van der Waals surface area contributed by atoms with E-state index in [4.69, 9.17) is 0 Å². The maximum atomic E-state index is 13.0. The first kappa shape index (κ1) is 15.8. The van der Waals surface area contributed by atoms with Crippen molar-refractivity contribution in [2.45, 2.75) is 25.7 Å². The number of benzene rings is 1. The van der Waals surface area contributed by atoms with Gasteiger partial charge in [0.05, 0.1) is 0 Å². The first-order valence-electron chi connectivity index (χ1n) is 8.61. The lowest BCUT2D eigenvalue weighted by Gasteiger charge is -2.26. The number of carbonyl (C=O) groups excluding carboxylic acids is 1. The number of rotatable bonds is 2. The average Bonchev–Trinajstić information content (AvgIpc) is 3.08. The van der Waals surface area contributed by atoms with E-state index in [-0.39, 0.29) is 22.8 Å². The summed E-state index contributed by atoms with van der Waals surface area (Å²) in [6.07, 6.45) is 5.50. The second-order valence-electron chi connectivity index (χ2n) is 6.61. The third-order valence-corrected chi connectivity index (χ3v) is 5.03. The number of aromatic amines is 1. The van der Waals surface area contributed by atoms with E-state index in [1.165, 1.54) is 12.1 Å². The first-order valence-corrected chi connectivity index (χ1v) is 8.61. The number of H-pyrrole nitrogens is 1. The highest BCUT2D eigenvalue weighted by atomic mass is 19.1. The Morgan fingerprint density at radius 3 is 2.64 bits per heavy atom. The molecule has 0 spiro atoms. The molecule has 0 saturated heterocycles. The number of nitrogens with one attached hydrogen (secondary N) is 1. The number of amides is 1. The summed E-state index contributed by atoms with van der Waals surface area (Å²) >= 11 is 0. The monoisotopic (exact) mass is 338 g/mol. The standard InChI is InChI=1S/C20H19FN2O2/c21-16-6-4-13(5-7-16)14-8-10-23(11-9-14)20(25)17-12-15-2-1-3-18(15)22-19(17)24/h4-8,12H,1-3,9-11H2,(H,22,24). The molecule has 1 aliphatic carbocycles. The zero-order valence-corrected chi connectivity index (χ0v) is 13.8. The summed E-state index contributed by atoms with van der Waals surface area (Å²) in [7, 11) is 0. The summed E-state index contributed by atoms with van der Waals surface area (Å²) in [6.45, 7) is 1.01. The number of nitrogens with zero attached hydrogens (tertiary/aromatic N) is 1. The molecule has 0 saturated carbocycles. The lowest BCUT2D eigenvalue weighted by atomic mass is 9.99. The van der Waals surface area contributed by atoms with Crippen molar-refractivity contribution in [3.05, 3.63) is 75.0 Å². The Hall–Kier alpha value is -2.69. The predicted octanol–water partition coefficient (Wildman–Crippen LogP) is 2.93. The van der Waals surface area contributed by atoms with E-state index in [1.54, 1.807) is 23.1 Å². The van der Waals surface area contributed by atoms with Crippen LogP contribution in [0.4, 0.5) is 4.39 Å². The highest BCUT2D eigenvalue weighted by Crippen LogP contribution is 2.24. The van der Waals surface area contributed by atoms with Gasteiger partial charge in [0.1, 0.15) is 11.4 Å². The quantitative estimate of drug-likeness (QED) is 0.915. The third-order valence-electron chi connectivity index (χ3n) is 5.03. The Kier molecular flexibility index (Phi) is 3.99. The van der Waals surface area contributed by atoms with Gasteiger partial charge in [-0.2, -0.15) is 0 Å². The van der Waals surface area contributed by atoms with Gasteiger partial charge in [0.15, 0.2) is 0 Å². The highest BCUT2D eigenvalue weighted by Gasteiger charge is 2.24. The minimum atomic E-state index is -0.293. The molecule has 25 heavy (non-hydrogen) atoms. The molecule has 1 amide bonds. The summed E-state index contributed by atoms with van der Waals surface area (Å²) in [5, 5.41) is 0. The molecule has 2 heterocycles. The Labute approximate surface area is 145 Å². The van der Waals surface area contributed by atoms with Crippen molar-refractivity contribution in [2.75, 3.05) is 13.1 Å². The van der Waals surface area contributed by atoms with Crippen LogP contribution >= 0.6 is 0 Å². The predicted molar refractivity (Wildman–Crippen MR) is 94.0 cm³/mol. The Bertz CT molecular complexity index is 912. The van der Waals surface area contributed by atoms with Gasteiger partial charge >= 0.3 is 0 Å². The van der Waals surface area contributed by atoms with Gasteiger partial charge in [-0.3, -0.25) is 9.59 Å². The molecule has 1 aromatic heterocycles. The number of halogens is 1. The van der Waals surface area contributed by atoms with Crippen LogP contribution in [0.15, 0.2) is 41.2 Å². The van der Waals surface area contributed by atoms with E-state index in [1.807, 2.05) is 6.08 Å². The van der Waals surface area contributed by atoms with Crippen LogP contribution in [0.5, 0.6) is 0 Å². The number of aryl methyl sites for hydroxylation is 2. The number of fused-ring (bicyclic) bond motifs is 1. The van der Waals surface area contributed by atoms with Gasteiger partial charge in [0, 0.05) is 18.8 Å². The van der Waals surface area contributed by atoms with Gasteiger partial charge < -0.3 is 9.88 Å². The van der Waals surface area contributed by atoms with Gasteiger partial charge in [0.25, 0.3) is 11.5 Å². The third kappa shape index (κ3) is 3.02. The van der Waals surface area contributed by atoms with Crippen LogP contribution in [0.25, 0.3) is 5.57 Å². The molecule has 1 N–H and O–H groups in total. The Balaban J connectivity index is 1.53. The molecular formula is C20H19FN2O2. The molecule has 2 aromatic rings. The minimum Gasteiger partial charge on any atom is -0.334 e. The van der Waals surface area contributed by atoms with Gasteiger partial charge in [-0.25, -0.2) is 4.39 Å². The summed E-state index contributed by atoms with van der Waals surface area (Å²) in [6, 6.07) is 8.16. The molecule has 5 heteroatoms. The Morgan fingerprint density at radius 2 is 1.92 bits per heavy atom. The molecule has 0 bridgehead atoms. The second kappa shape index (κ2) is 6.31. The van der Waals surface area contributed by atoms with E-state index < -0.39 is 0 Å². The summed E-state index contributed by atoms with van der Waals surface area (Å²) < 4.78 is 13.0. The molecule has 0 unspecified atom stereocenters. The normalized spacial score (nSPS) is 16.5. The summed E-state index contributed by atoms with van der Waals surface area (Å²) in [4.78, 5) is 29.5. The molecule has 1 aliphatic heterocycles. The van der Waals surface area contributed by atoms with E-state index in [0.29, 0.717) is 19.5 Å². The van der Waals surface area contributed by atoms with Crippen LogP contribution in [0.3, 0.4) is 0 Å². The van der Waals surface area contributed by atoms with Crippen LogP contribution in [0.1, 0.15) is 40.0 Å². The van der Waals surface area contributed by atoms with Crippen molar-refractivity contribution in [3.63, 3.8) is 0 Å². The van der Waals surface area contributed by atoms with Gasteiger partial charge in [0.2, 0.25) is 0 Å². The molecule has 4 rings (SSSR count). The van der Waals surface area contributed by atoms with Crippen LogP contribution < -0.4 is 5.56 Å². The molecule has 1 aromatic carbocycles. The zero-order valence-electron chi connectivity index (χ0n) is 13.8. The lowest BCUT2D eigenvalue weighted by Crippen LogP contribution is -2.37. The molecule has 128 valence electrons. The van der Waals surface area contributed by atoms with Crippen molar-refractivity contribution < 1.29 is 9.18 Å². The maximum absolute atomic E-state index is 13.0. The smallest absolute Gasteiger partial charge is 0.261 e. The van der Waals surface area contributed by atoms with Crippen LogP contribution in [0.2, 0.25) is 0 Å². The fraction of sp³-hybridized carbons (Fsp3) is 0.300. The maximum Gasteiger partial charge on any atom is 0.261 e. The molecule has 0 radical (unpaired) electrons. The fourth-order valence-electron chi connectivity index (χ4n) is 3.62. The Morgan fingerprint density at radius 1 is 1.12 bits per heavy atom. The number of carbonyl (C=O) groups is 1. The van der Waals surface area contributed by atoms with Crippen LogP contribution in [0, 0.1) is 5.82 Å². The van der Waals surface area contributed by atoms with Crippen molar-refractivity contribution >= 4 is 11.5 Å². The average molecular weight is 338 g/mol. The largest absolute Gasteiger partial charge is 0.334 e. The van der Waals surface area contributed by atoms with E-state index in [2.05, 4.69) is 4.98 Å². The van der Waals surface area contributed by atoms with Crippen molar-refractivity contribution in [2.24, 2.45) is 0 Å². The number of hydrogen-bond acceptors (Lipinski definition) is 2. The van der Waals surface area contributed by atoms with Crippen molar-refractivity contribution in [1.29, 1.82) is 0 Å². The molecular weight excluding hydrogens is 319 g/mol. The molecule has 0 atom stereocenters. The number of pyridine rings is 1. The van der Waals surface area contributed by atoms with Gasteiger partial charge in [-0.1, -0.05) is 18.2 Å². The second-order valence-corrected chi connectivity index (χ2v) is 6.61. The van der Waals surface area contributed by atoms with Crippen molar-refractivity contribution in [3.8, 4) is 0 Å². The highest BCUT2D eigenvalue weighted by molar-refractivity contribution is 5.94. The van der Waals surface area contributed by atoms with E-state index in [9.17, 15) is 14.0 Å². The zero-order chi connectivity index (χ0) is 17.4. The number of hydrogen-bond donors (Lipinski definition) is 1. The summed E-state index contributed by atoms with van der Waals surface area (Å²) in [5.41, 5.74) is 4.08. The minimum absolute atomic E-state index is 0.217. The van der Waals surface area contributed by atoms with Crippen molar-refractivity contribution in [1.82, 2.24) is 9.88 Å². The fourth-order valence-corrected chi connectivity index (χ4v) is 3.62. The lowest BCUT2D eigenvalue weighted by molar-refractivity contribution is 0.0771. The van der Waals surface area contributed by atoms with E-state index in [0.717, 1.165) is 41.7 Å². The van der Waals surface area contributed by atoms with Crippen LogP contribution in [-0.2, 0) is 12.8 Å². The first-order chi connectivity index (χ1) is 12.1. The van der Waals surface area contributed by atoms with E-state index >= 15 is 0 Å². The number of aromatic nitrogens is 1. The molecule has 0 fully saturated rings. The van der Waals surface area contributed by atoms with Gasteiger partial charge in [-0.15, -0.1) is 0 Å². The van der Waals surface area contributed by atoms with Crippen LogP contribution in [-0.4, -0.2) is 28.9 Å². The SMILES string of the molecule is O=C(c1cc2c([nH]c1=O)CCC2)N1CC=C(c2ccc(F)cc2)CC1. The summed E-state index contributed by atoms with van der Waals surface area (Å²) in [5.74, 6) is -0.474. The molecule has 2 aliphatic rings. The van der Waals surface area contributed by atoms with Gasteiger partial charge in [-0.05, 0) is 60.6 Å². The topological polar surface area (TPSA) is 53.2 Å². The molecule has 4 nitrogen and oxygen atoms in total.